The number of ether oxygens (including phenoxy) is 1. The van der Waals surface area contributed by atoms with E-state index < -0.39 is 0 Å². The Hall–Kier alpha value is -2.08. The summed E-state index contributed by atoms with van der Waals surface area (Å²) in [5.41, 5.74) is 0. The van der Waals surface area contributed by atoms with Gasteiger partial charge in [-0.25, -0.2) is 0 Å². The molecule has 0 heterocycles. The normalized spacial score (nSPS) is 11.0. The zero-order chi connectivity index (χ0) is 15.1. The van der Waals surface area contributed by atoms with Gasteiger partial charge in [-0.1, -0.05) is 49.4 Å². The van der Waals surface area contributed by atoms with E-state index in [4.69, 9.17) is 4.74 Å². The van der Waals surface area contributed by atoms with E-state index in [1.807, 2.05) is 19.1 Å². The third-order valence-corrected chi connectivity index (χ3v) is 4.17. The first kappa shape index (κ1) is 15.8. The fourth-order valence-corrected chi connectivity index (χ4v) is 3.18. The quantitative estimate of drug-likeness (QED) is 0.246. The van der Waals surface area contributed by atoms with Crippen LogP contribution in [-0.4, -0.2) is 23.3 Å². The molecule has 0 spiro atoms. The van der Waals surface area contributed by atoms with Gasteiger partial charge in [0, 0.05) is 17.2 Å². The Morgan fingerprint density at radius 3 is 2.17 bits per heavy atom. The standard InChI is InChI=1S/C20H16O2.Al.3H/c1-2-4-18(21)22-17-12-10-15-8-7-13-5-3-6-14-9-11-16(17)20(15)19(13)14;;;;/h3,5-12H,2,4H2,1H3;;;;. The van der Waals surface area contributed by atoms with Crippen LogP contribution in [0.4, 0.5) is 0 Å². The number of hydrogen-bond acceptors (Lipinski definition) is 2. The van der Waals surface area contributed by atoms with E-state index in [9.17, 15) is 4.79 Å². The van der Waals surface area contributed by atoms with Gasteiger partial charge < -0.3 is 4.74 Å². The summed E-state index contributed by atoms with van der Waals surface area (Å²) >= 11 is 0. The minimum absolute atomic E-state index is 0. The number of esters is 1. The molecule has 0 aliphatic heterocycles. The van der Waals surface area contributed by atoms with Crippen molar-refractivity contribution in [2.75, 3.05) is 0 Å². The van der Waals surface area contributed by atoms with E-state index in [0.717, 1.165) is 11.8 Å². The van der Waals surface area contributed by atoms with Crippen molar-refractivity contribution in [2.24, 2.45) is 0 Å². The number of rotatable bonds is 3. The zero-order valence-corrected chi connectivity index (χ0v) is 12.4. The van der Waals surface area contributed by atoms with Crippen molar-refractivity contribution in [1.82, 2.24) is 0 Å². The summed E-state index contributed by atoms with van der Waals surface area (Å²) in [4.78, 5) is 11.8. The van der Waals surface area contributed by atoms with Gasteiger partial charge in [0.05, 0.1) is 0 Å². The number of benzene rings is 4. The summed E-state index contributed by atoms with van der Waals surface area (Å²) in [6, 6.07) is 18.7. The SMILES string of the molecule is CCCC(=O)Oc1ccc2ccc3cccc4ccc1c2c34.[AlH3]. The van der Waals surface area contributed by atoms with Crippen LogP contribution >= 0.6 is 0 Å². The lowest BCUT2D eigenvalue weighted by atomic mass is 9.94. The first-order chi connectivity index (χ1) is 10.8. The third kappa shape index (κ3) is 2.57. The van der Waals surface area contributed by atoms with Crippen LogP contribution in [0.15, 0.2) is 54.6 Å². The average molecular weight is 318 g/mol. The second-order valence-corrected chi connectivity index (χ2v) is 5.64. The van der Waals surface area contributed by atoms with Gasteiger partial charge in [0.1, 0.15) is 5.75 Å². The maximum atomic E-state index is 11.8. The molecule has 0 amide bonds. The van der Waals surface area contributed by atoms with E-state index >= 15 is 0 Å². The van der Waals surface area contributed by atoms with Gasteiger partial charge in [0.2, 0.25) is 0 Å². The minimum atomic E-state index is -0.169. The predicted octanol–water partition coefficient (Wildman–Crippen LogP) is 4.11. The van der Waals surface area contributed by atoms with Crippen molar-refractivity contribution in [3.05, 3.63) is 54.6 Å². The summed E-state index contributed by atoms with van der Waals surface area (Å²) in [5.74, 6) is 0.488. The number of carbonyl (C=O) groups is 1. The maximum Gasteiger partial charge on any atom is 0.311 e. The molecular formula is C20H19AlO2. The highest BCUT2D eigenvalue weighted by Crippen LogP contribution is 2.38. The van der Waals surface area contributed by atoms with Crippen molar-refractivity contribution in [1.29, 1.82) is 0 Å². The molecule has 0 aliphatic carbocycles. The Morgan fingerprint density at radius 2 is 1.48 bits per heavy atom. The van der Waals surface area contributed by atoms with Gasteiger partial charge in [0.15, 0.2) is 17.4 Å². The summed E-state index contributed by atoms with van der Waals surface area (Å²) in [7, 11) is 0. The van der Waals surface area contributed by atoms with Crippen LogP contribution in [0, 0.1) is 0 Å². The maximum absolute atomic E-state index is 11.8. The van der Waals surface area contributed by atoms with Gasteiger partial charge in [-0.05, 0) is 40.1 Å². The van der Waals surface area contributed by atoms with Crippen LogP contribution < -0.4 is 4.74 Å². The topological polar surface area (TPSA) is 26.3 Å². The van der Waals surface area contributed by atoms with Crippen molar-refractivity contribution in [2.45, 2.75) is 19.8 Å². The van der Waals surface area contributed by atoms with Crippen LogP contribution in [0.2, 0.25) is 0 Å². The molecule has 0 saturated heterocycles. The molecule has 0 radical (unpaired) electrons. The zero-order valence-electron chi connectivity index (χ0n) is 12.4. The second kappa shape index (κ2) is 6.20. The molecule has 0 saturated carbocycles. The highest BCUT2D eigenvalue weighted by molar-refractivity contribution is 6.24. The summed E-state index contributed by atoms with van der Waals surface area (Å²) in [6.07, 6.45) is 1.24. The van der Waals surface area contributed by atoms with E-state index in [-0.39, 0.29) is 23.3 Å². The largest absolute Gasteiger partial charge is 0.426 e. The molecule has 3 heteroatoms. The van der Waals surface area contributed by atoms with Crippen molar-refractivity contribution in [3.8, 4) is 5.75 Å². The fraction of sp³-hybridized carbons (Fsp3) is 0.150. The molecular weight excluding hydrogens is 299 g/mol. The Kier molecular flexibility index (Phi) is 4.26. The van der Waals surface area contributed by atoms with Gasteiger partial charge in [0.25, 0.3) is 0 Å². The highest BCUT2D eigenvalue weighted by Gasteiger charge is 2.13. The van der Waals surface area contributed by atoms with Crippen molar-refractivity contribution < 1.29 is 9.53 Å². The van der Waals surface area contributed by atoms with E-state index in [1.165, 1.54) is 26.9 Å². The van der Waals surface area contributed by atoms with E-state index in [1.54, 1.807) is 0 Å². The molecule has 114 valence electrons. The Bertz CT molecular complexity index is 975. The molecule has 2 nitrogen and oxygen atoms in total. The Balaban J connectivity index is 0.00000156. The highest BCUT2D eigenvalue weighted by atomic mass is 27.0. The molecule has 0 N–H and O–H groups in total. The predicted molar refractivity (Wildman–Crippen MR) is 101 cm³/mol. The minimum Gasteiger partial charge on any atom is -0.426 e. The number of carbonyl (C=O) groups excluding carboxylic acids is 1. The first-order valence-electron chi connectivity index (χ1n) is 7.65. The Labute approximate surface area is 145 Å². The van der Waals surface area contributed by atoms with Crippen molar-refractivity contribution in [3.63, 3.8) is 0 Å². The van der Waals surface area contributed by atoms with Crippen molar-refractivity contribution >= 4 is 55.6 Å². The van der Waals surface area contributed by atoms with Crippen LogP contribution in [0.25, 0.3) is 32.3 Å². The van der Waals surface area contributed by atoms with Gasteiger partial charge in [-0.2, -0.15) is 0 Å². The first-order valence-corrected chi connectivity index (χ1v) is 7.65. The molecule has 0 fully saturated rings. The van der Waals surface area contributed by atoms with Crippen LogP contribution in [0.1, 0.15) is 19.8 Å². The van der Waals surface area contributed by atoms with Gasteiger partial charge in [-0.3, -0.25) is 4.79 Å². The third-order valence-electron chi connectivity index (χ3n) is 4.17. The fourth-order valence-electron chi connectivity index (χ4n) is 3.18. The molecule has 0 aliphatic rings. The monoisotopic (exact) mass is 318 g/mol. The van der Waals surface area contributed by atoms with Crippen LogP contribution in [0.3, 0.4) is 0 Å². The van der Waals surface area contributed by atoms with E-state index in [2.05, 4.69) is 42.5 Å². The average Bonchev–Trinajstić information content (AvgIpc) is 2.54. The lowest BCUT2D eigenvalue weighted by Gasteiger charge is -2.13. The van der Waals surface area contributed by atoms with Gasteiger partial charge in [-0.15, -0.1) is 0 Å². The van der Waals surface area contributed by atoms with E-state index in [0.29, 0.717) is 12.2 Å². The lowest BCUT2D eigenvalue weighted by molar-refractivity contribution is -0.134. The second-order valence-electron chi connectivity index (χ2n) is 5.64. The molecule has 0 aromatic heterocycles. The molecule has 23 heavy (non-hydrogen) atoms. The molecule has 0 bridgehead atoms. The van der Waals surface area contributed by atoms with Crippen LogP contribution in [-0.2, 0) is 4.79 Å². The summed E-state index contributed by atoms with van der Waals surface area (Å²) in [6.45, 7) is 1.98. The summed E-state index contributed by atoms with van der Waals surface area (Å²) < 4.78 is 5.57. The molecule has 0 unspecified atom stereocenters. The molecule has 4 aromatic rings. The lowest BCUT2D eigenvalue weighted by Crippen LogP contribution is -2.07. The molecule has 4 rings (SSSR count). The summed E-state index contributed by atoms with van der Waals surface area (Å²) in [5, 5.41) is 7.03. The van der Waals surface area contributed by atoms with Gasteiger partial charge >= 0.3 is 5.97 Å². The number of hydrogen-bond donors (Lipinski definition) is 0. The van der Waals surface area contributed by atoms with Crippen LogP contribution in [0.5, 0.6) is 5.75 Å². The molecule has 4 aromatic carbocycles. The Morgan fingerprint density at radius 1 is 0.870 bits per heavy atom. The smallest absolute Gasteiger partial charge is 0.311 e. The molecule has 0 atom stereocenters.